The highest BCUT2D eigenvalue weighted by Crippen LogP contribution is 2.23. The zero-order chi connectivity index (χ0) is 12.0. The Bertz CT molecular complexity index is 346. The predicted octanol–water partition coefficient (Wildman–Crippen LogP) is 2.68. The van der Waals surface area contributed by atoms with Crippen LogP contribution in [0.25, 0.3) is 0 Å². The Kier molecular flexibility index (Phi) is 5.19. The number of amides is 1. The van der Waals surface area contributed by atoms with Crippen molar-refractivity contribution in [2.24, 2.45) is 0 Å². The summed E-state index contributed by atoms with van der Waals surface area (Å²) in [5.74, 6) is -0.279. The van der Waals surface area contributed by atoms with Gasteiger partial charge in [0.2, 0.25) is 5.91 Å². The van der Waals surface area contributed by atoms with E-state index in [9.17, 15) is 9.59 Å². The lowest BCUT2D eigenvalue weighted by Gasteiger charge is -2.16. The average Bonchev–Trinajstić information content (AvgIpc) is 2.68. The molecule has 0 aliphatic heterocycles. The summed E-state index contributed by atoms with van der Waals surface area (Å²) in [4.78, 5) is 23.5. The number of nitrogens with one attached hydrogen (secondary N) is 1. The summed E-state index contributed by atoms with van der Waals surface area (Å²) in [6.07, 6.45) is 1.89. The van der Waals surface area contributed by atoms with Crippen LogP contribution in [0, 0.1) is 0 Å². The summed E-state index contributed by atoms with van der Waals surface area (Å²) in [5, 5.41) is 4.90. The van der Waals surface area contributed by atoms with Gasteiger partial charge in [-0.25, -0.2) is 0 Å². The minimum atomic E-state index is -0.181. The van der Waals surface area contributed by atoms with E-state index >= 15 is 0 Å². The highest BCUT2D eigenvalue weighted by atomic mass is 32.1. The summed E-state index contributed by atoms with van der Waals surface area (Å²) in [5.41, 5.74) is 0. The average molecular weight is 239 g/mol. The van der Waals surface area contributed by atoms with Crippen molar-refractivity contribution in [1.82, 2.24) is 5.32 Å². The summed E-state index contributed by atoms with van der Waals surface area (Å²) in [6, 6.07) is 4.04. The normalized spacial score (nSPS) is 12.1. The van der Waals surface area contributed by atoms with Gasteiger partial charge in [-0.3, -0.25) is 9.59 Å². The van der Waals surface area contributed by atoms with Crippen molar-refractivity contribution >= 4 is 23.0 Å². The number of carbonyl (C=O) groups excluding carboxylic acids is 2. The number of thiophene rings is 1. The van der Waals surface area contributed by atoms with E-state index in [1.165, 1.54) is 6.92 Å². The van der Waals surface area contributed by atoms with E-state index in [4.69, 9.17) is 0 Å². The molecule has 16 heavy (non-hydrogen) atoms. The van der Waals surface area contributed by atoms with Gasteiger partial charge in [-0.05, 0) is 24.8 Å². The van der Waals surface area contributed by atoms with Gasteiger partial charge in [0.1, 0.15) is 5.78 Å². The first-order valence-electron chi connectivity index (χ1n) is 5.45. The first-order valence-corrected chi connectivity index (χ1v) is 6.33. The Morgan fingerprint density at radius 1 is 1.50 bits per heavy atom. The summed E-state index contributed by atoms with van der Waals surface area (Å²) < 4.78 is 0. The minimum Gasteiger partial charge on any atom is -0.348 e. The number of hydrogen-bond donors (Lipinski definition) is 1. The number of rotatable bonds is 6. The van der Waals surface area contributed by atoms with Gasteiger partial charge in [0.25, 0.3) is 0 Å². The van der Waals surface area contributed by atoms with Crippen molar-refractivity contribution in [3.05, 3.63) is 22.4 Å². The van der Waals surface area contributed by atoms with Gasteiger partial charge >= 0.3 is 0 Å². The second-order valence-electron chi connectivity index (χ2n) is 3.80. The van der Waals surface area contributed by atoms with Crippen molar-refractivity contribution in [1.29, 1.82) is 0 Å². The summed E-state index contributed by atoms with van der Waals surface area (Å²) in [6.45, 7) is 3.51. The van der Waals surface area contributed by atoms with Crippen molar-refractivity contribution in [2.75, 3.05) is 0 Å². The van der Waals surface area contributed by atoms with E-state index in [0.717, 1.165) is 17.7 Å². The van der Waals surface area contributed by atoms with Crippen LogP contribution in [-0.4, -0.2) is 11.7 Å². The van der Waals surface area contributed by atoms with Gasteiger partial charge in [-0.2, -0.15) is 0 Å². The topological polar surface area (TPSA) is 46.2 Å². The highest BCUT2D eigenvalue weighted by molar-refractivity contribution is 7.10. The van der Waals surface area contributed by atoms with Crippen LogP contribution in [0.5, 0.6) is 0 Å². The van der Waals surface area contributed by atoms with Gasteiger partial charge < -0.3 is 5.32 Å². The molecule has 0 saturated heterocycles. The fourth-order valence-electron chi connectivity index (χ4n) is 1.54. The molecule has 1 N–H and O–H groups in total. The molecular weight excluding hydrogens is 222 g/mol. The van der Waals surface area contributed by atoms with E-state index in [2.05, 4.69) is 12.2 Å². The molecule has 4 heteroatoms. The summed E-state index contributed by atoms with van der Waals surface area (Å²) >= 11 is 1.63. The maximum Gasteiger partial charge on any atom is 0.227 e. The largest absolute Gasteiger partial charge is 0.348 e. The number of hydrogen-bond acceptors (Lipinski definition) is 3. The second kappa shape index (κ2) is 6.43. The molecule has 1 rings (SSSR count). The number of carbonyl (C=O) groups is 2. The van der Waals surface area contributed by atoms with Crippen LogP contribution in [0.15, 0.2) is 17.5 Å². The molecule has 1 aromatic rings. The molecule has 0 radical (unpaired) electrons. The Morgan fingerprint density at radius 3 is 2.75 bits per heavy atom. The summed E-state index contributed by atoms with van der Waals surface area (Å²) in [7, 11) is 0. The molecule has 88 valence electrons. The van der Waals surface area contributed by atoms with Crippen molar-refractivity contribution < 1.29 is 9.59 Å². The van der Waals surface area contributed by atoms with E-state index < -0.39 is 0 Å². The van der Waals surface area contributed by atoms with Gasteiger partial charge in [0, 0.05) is 4.88 Å². The van der Waals surface area contributed by atoms with Gasteiger partial charge in [-0.1, -0.05) is 19.4 Å². The predicted molar refractivity (Wildman–Crippen MR) is 65.4 cm³/mol. The molecule has 0 saturated carbocycles. The minimum absolute atomic E-state index is 0.0222. The molecule has 0 bridgehead atoms. The Balaban J connectivity index is 2.58. The third-order valence-electron chi connectivity index (χ3n) is 2.21. The molecule has 0 fully saturated rings. The van der Waals surface area contributed by atoms with Crippen molar-refractivity contribution in [2.45, 2.75) is 39.2 Å². The Hall–Kier alpha value is -1.16. The zero-order valence-electron chi connectivity index (χ0n) is 9.66. The van der Waals surface area contributed by atoms with E-state index in [0.29, 0.717) is 0 Å². The standard InChI is InChI=1S/C12H17NO2S/c1-3-5-10(11-6-4-7-16-11)13-12(15)8-9(2)14/h4,6-7,10H,3,5,8H2,1-2H3,(H,13,15). The number of ketones is 1. The van der Waals surface area contributed by atoms with Gasteiger partial charge in [0.05, 0.1) is 12.5 Å². The van der Waals surface area contributed by atoms with Crippen LogP contribution in [0.1, 0.15) is 44.0 Å². The molecule has 3 nitrogen and oxygen atoms in total. The van der Waals surface area contributed by atoms with Gasteiger partial charge in [0.15, 0.2) is 0 Å². The zero-order valence-corrected chi connectivity index (χ0v) is 10.5. The second-order valence-corrected chi connectivity index (χ2v) is 4.78. The van der Waals surface area contributed by atoms with Gasteiger partial charge in [-0.15, -0.1) is 11.3 Å². The van der Waals surface area contributed by atoms with Crippen LogP contribution < -0.4 is 5.32 Å². The molecule has 0 aromatic carbocycles. The molecule has 1 amide bonds. The van der Waals surface area contributed by atoms with E-state index in [1.54, 1.807) is 11.3 Å². The Morgan fingerprint density at radius 2 is 2.25 bits per heavy atom. The fraction of sp³-hybridized carbons (Fsp3) is 0.500. The van der Waals surface area contributed by atoms with Crippen LogP contribution in [0.2, 0.25) is 0 Å². The smallest absolute Gasteiger partial charge is 0.227 e. The maximum absolute atomic E-state index is 11.5. The number of Topliss-reactive ketones (excluding diaryl/α,β-unsaturated/α-hetero) is 1. The molecule has 1 unspecified atom stereocenters. The van der Waals surface area contributed by atoms with Crippen LogP contribution >= 0.6 is 11.3 Å². The molecule has 1 aromatic heterocycles. The third-order valence-corrected chi connectivity index (χ3v) is 3.19. The molecule has 0 aliphatic carbocycles. The molecular formula is C12H17NO2S. The van der Waals surface area contributed by atoms with Crippen LogP contribution in [0.4, 0.5) is 0 Å². The quantitative estimate of drug-likeness (QED) is 0.776. The first-order chi connectivity index (χ1) is 7.63. The Labute approximate surface area is 99.9 Å². The lowest BCUT2D eigenvalue weighted by Crippen LogP contribution is -2.29. The van der Waals surface area contributed by atoms with E-state index in [1.807, 2.05) is 17.5 Å². The SMILES string of the molecule is CCCC(NC(=O)CC(C)=O)c1cccs1. The molecule has 1 atom stereocenters. The lowest BCUT2D eigenvalue weighted by molar-refractivity contribution is -0.127. The molecule has 1 heterocycles. The molecule has 0 spiro atoms. The third kappa shape index (κ3) is 4.14. The van der Waals surface area contributed by atoms with Crippen LogP contribution in [-0.2, 0) is 9.59 Å². The first kappa shape index (κ1) is 12.9. The maximum atomic E-state index is 11.5. The highest BCUT2D eigenvalue weighted by Gasteiger charge is 2.15. The molecule has 0 aliphatic rings. The fourth-order valence-corrected chi connectivity index (χ4v) is 2.35. The van der Waals surface area contributed by atoms with Crippen molar-refractivity contribution in [3.8, 4) is 0 Å². The van der Waals surface area contributed by atoms with E-state index in [-0.39, 0.29) is 24.2 Å². The van der Waals surface area contributed by atoms with Crippen molar-refractivity contribution in [3.63, 3.8) is 0 Å². The lowest BCUT2D eigenvalue weighted by atomic mass is 10.1. The van der Waals surface area contributed by atoms with Crippen LogP contribution in [0.3, 0.4) is 0 Å². The monoisotopic (exact) mass is 239 g/mol.